The molecule has 0 aromatic heterocycles. The molecule has 14 heavy (non-hydrogen) atoms. The molecule has 78 valence electrons. The first kappa shape index (κ1) is 12.8. The Hall–Kier alpha value is -1.24. The second-order valence-electron chi connectivity index (χ2n) is 2.88. The van der Waals surface area contributed by atoms with Gasteiger partial charge in [0.05, 0.1) is 0 Å². The highest BCUT2D eigenvalue weighted by molar-refractivity contribution is 5.54. The Labute approximate surface area is 88.1 Å². The summed E-state index contributed by atoms with van der Waals surface area (Å²) in [6, 6.07) is 8.36. The molecule has 0 heterocycles. The minimum atomic E-state index is 1.26. The molecule has 0 aliphatic rings. The minimum Gasteiger partial charge on any atom is -0.351 e. The van der Waals surface area contributed by atoms with Crippen LogP contribution in [0.4, 0.5) is 5.69 Å². The van der Waals surface area contributed by atoms with E-state index in [1.807, 2.05) is 26.8 Å². The number of benzene rings is 1. The predicted octanol–water partition coefficient (Wildman–Crippen LogP) is 3.99. The molecule has 0 amide bonds. The van der Waals surface area contributed by atoms with Crippen molar-refractivity contribution in [3.63, 3.8) is 0 Å². The van der Waals surface area contributed by atoms with E-state index < -0.39 is 0 Å². The van der Waals surface area contributed by atoms with E-state index in [4.69, 9.17) is 0 Å². The maximum atomic E-state index is 2.12. The van der Waals surface area contributed by atoms with Gasteiger partial charge in [0.15, 0.2) is 0 Å². The molecular weight excluding hydrogens is 170 g/mol. The molecule has 0 radical (unpaired) electrons. The van der Waals surface area contributed by atoms with Crippen LogP contribution in [0.1, 0.15) is 26.3 Å². The molecule has 0 bridgehead atoms. The zero-order valence-electron chi connectivity index (χ0n) is 9.91. The van der Waals surface area contributed by atoms with Crippen molar-refractivity contribution in [2.45, 2.75) is 27.7 Å². The predicted molar refractivity (Wildman–Crippen MR) is 65.7 cm³/mol. The zero-order valence-corrected chi connectivity index (χ0v) is 9.91. The Morgan fingerprint density at radius 3 is 2.21 bits per heavy atom. The molecule has 0 aliphatic heterocycles. The Morgan fingerprint density at radius 1 is 1.14 bits per heavy atom. The molecule has 1 heteroatoms. The summed E-state index contributed by atoms with van der Waals surface area (Å²) in [6.07, 6.45) is 4.09. The summed E-state index contributed by atoms with van der Waals surface area (Å²) in [6.45, 7) is 8.14. The summed E-state index contributed by atoms with van der Waals surface area (Å²) in [4.78, 5) is 2.12. The zero-order chi connectivity index (χ0) is 11.0. The topological polar surface area (TPSA) is 3.24 Å². The van der Waals surface area contributed by atoms with Crippen LogP contribution in [0.5, 0.6) is 0 Å². The maximum absolute atomic E-state index is 2.12. The lowest BCUT2D eigenvalue weighted by Crippen LogP contribution is -2.08. The van der Waals surface area contributed by atoms with Gasteiger partial charge in [0.2, 0.25) is 0 Å². The lowest BCUT2D eigenvalue weighted by Gasteiger charge is -2.16. The number of aryl methyl sites for hydroxylation is 1. The average Bonchev–Trinajstić information content (AvgIpc) is 2.22. The first-order valence-corrected chi connectivity index (χ1v) is 5.17. The fraction of sp³-hybridized carbons (Fsp3) is 0.385. The van der Waals surface area contributed by atoms with Gasteiger partial charge < -0.3 is 4.90 Å². The van der Waals surface area contributed by atoms with E-state index in [-0.39, 0.29) is 0 Å². The van der Waals surface area contributed by atoms with Crippen LogP contribution in [0.15, 0.2) is 36.5 Å². The molecule has 0 atom stereocenters. The van der Waals surface area contributed by atoms with E-state index >= 15 is 0 Å². The normalized spacial score (nSPS) is 9.50. The Kier molecular flexibility index (Phi) is 6.55. The highest BCUT2D eigenvalue weighted by Gasteiger charge is 1.97. The molecule has 1 aromatic rings. The maximum Gasteiger partial charge on any atom is 0.0433 e. The van der Waals surface area contributed by atoms with Crippen LogP contribution in [0.2, 0.25) is 0 Å². The fourth-order valence-electron chi connectivity index (χ4n) is 1.26. The van der Waals surface area contributed by atoms with Crippen LogP contribution >= 0.6 is 0 Å². The molecular formula is C13H21N. The average molecular weight is 191 g/mol. The van der Waals surface area contributed by atoms with Gasteiger partial charge >= 0.3 is 0 Å². The SMILES string of the molecule is C/C=C\N(C)c1ccccc1C.CC. The van der Waals surface area contributed by atoms with Crippen molar-refractivity contribution in [3.8, 4) is 0 Å². The highest BCUT2D eigenvalue weighted by atomic mass is 15.1. The first-order valence-electron chi connectivity index (χ1n) is 5.17. The van der Waals surface area contributed by atoms with E-state index in [0.717, 1.165) is 0 Å². The summed E-state index contributed by atoms with van der Waals surface area (Å²) in [5.41, 5.74) is 2.56. The number of anilines is 1. The molecule has 0 saturated heterocycles. The van der Waals surface area contributed by atoms with Crippen LogP contribution in [-0.2, 0) is 0 Å². The number of hydrogen-bond donors (Lipinski definition) is 0. The summed E-state index contributed by atoms with van der Waals surface area (Å²) in [5, 5.41) is 0. The van der Waals surface area contributed by atoms with Crippen LogP contribution < -0.4 is 4.90 Å². The van der Waals surface area contributed by atoms with Crippen LogP contribution in [0, 0.1) is 6.92 Å². The van der Waals surface area contributed by atoms with E-state index in [1.165, 1.54) is 11.3 Å². The van der Waals surface area contributed by atoms with Gasteiger partial charge in [-0.15, -0.1) is 0 Å². The van der Waals surface area contributed by atoms with Gasteiger partial charge in [-0.25, -0.2) is 0 Å². The van der Waals surface area contributed by atoms with Crippen molar-refractivity contribution in [2.24, 2.45) is 0 Å². The molecule has 0 spiro atoms. The lowest BCUT2D eigenvalue weighted by molar-refractivity contribution is 1.17. The highest BCUT2D eigenvalue weighted by Crippen LogP contribution is 2.17. The van der Waals surface area contributed by atoms with E-state index in [2.05, 4.69) is 49.3 Å². The van der Waals surface area contributed by atoms with Gasteiger partial charge in [0.1, 0.15) is 0 Å². The van der Waals surface area contributed by atoms with Crippen molar-refractivity contribution >= 4 is 5.69 Å². The van der Waals surface area contributed by atoms with E-state index in [9.17, 15) is 0 Å². The molecule has 0 saturated carbocycles. The summed E-state index contributed by atoms with van der Waals surface area (Å²) >= 11 is 0. The van der Waals surface area contributed by atoms with Crippen molar-refractivity contribution in [3.05, 3.63) is 42.1 Å². The monoisotopic (exact) mass is 191 g/mol. The van der Waals surface area contributed by atoms with Gasteiger partial charge in [-0.05, 0) is 31.7 Å². The standard InChI is InChI=1S/C11H15N.C2H6/c1-4-9-12(3)11-8-6-5-7-10(11)2;1-2/h4-9H,1-3H3;1-2H3/b9-4-;. The second kappa shape index (κ2) is 7.19. The third-order valence-corrected chi connectivity index (χ3v) is 1.87. The Morgan fingerprint density at radius 2 is 1.71 bits per heavy atom. The summed E-state index contributed by atoms with van der Waals surface area (Å²) in [7, 11) is 2.06. The molecule has 1 nitrogen and oxygen atoms in total. The Bertz CT molecular complexity index is 276. The largest absolute Gasteiger partial charge is 0.351 e. The quantitative estimate of drug-likeness (QED) is 0.683. The molecule has 1 rings (SSSR count). The van der Waals surface area contributed by atoms with E-state index in [1.54, 1.807) is 0 Å². The minimum absolute atomic E-state index is 1.26. The van der Waals surface area contributed by atoms with Gasteiger partial charge in [0.25, 0.3) is 0 Å². The van der Waals surface area contributed by atoms with Crippen molar-refractivity contribution in [1.29, 1.82) is 0 Å². The molecule has 1 aromatic carbocycles. The van der Waals surface area contributed by atoms with Gasteiger partial charge in [-0.1, -0.05) is 38.1 Å². The smallest absolute Gasteiger partial charge is 0.0433 e. The summed E-state index contributed by atoms with van der Waals surface area (Å²) < 4.78 is 0. The number of allylic oxidation sites excluding steroid dienone is 1. The van der Waals surface area contributed by atoms with E-state index in [0.29, 0.717) is 0 Å². The third kappa shape index (κ3) is 3.65. The molecule has 0 N–H and O–H groups in total. The summed E-state index contributed by atoms with van der Waals surface area (Å²) in [5.74, 6) is 0. The molecule has 0 unspecified atom stereocenters. The van der Waals surface area contributed by atoms with Gasteiger partial charge in [-0.3, -0.25) is 0 Å². The van der Waals surface area contributed by atoms with Crippen LogP contribution in [0.3, 0.4) is 0 Å². The number of rotatable bonds is 2. The van der Waals surface area contributed by atoms with Crippen molar-refractivity contribution < 1.29 is 0 Å². The number of nitrogens with zero attached hydrogens (tertiary/aromatic N) is 1. The number of hydrogen-bond acceptors (Lipinski definition) is 1. The fourth-order valence-corrected chi connectivity index (χ4v) is 1.26. The van der Waals surface area contributed by atoms with Crippen molar-refractivity contribution in [1.82, 2.24) is 0 Å². The molecule has 0 aliphatic carbocycles. The van der Waals surface area contributed by atoms with Gasteiger partial charge in [-0.2, -0.15) is 0 Å². The molecule has 0 fully saturated rings. The van der Waals surface area contributed by atoms with Crippen molar-refractivity contribution in [2.75, 3.05) is 11.9 Å². The lowest BCUT2D eigenvalue weighted by atomic mass is 10.2. The Balaban J connectivity index is 0.000000791. The third-order valence-electron chi connectivity index (χ3n) is 1.87. The van der Waals surface area contributed by atoms with Crippen LogP contribution in [-0.4, -0.2) is 7.05 Å². The second-order valence-corrected chi connectivity index (χ2v) is 2.88. The first-order chi connectivity index (χ1) is 6.75. The number of para-hydroxylation sites is 1. The van der Waals surface area contributed by atoms with Gasteiger partial charge in [0, 0.05) is 12.7 Å². The van der Waals surface area contributed by atoms with Crippen LogP contribution in [0.25, 0.3) is 0 Å².